The molecule has 136 valence electrons. The molecule has 2 aromatic carbocycles. The number of esters is 1. The average Bonchev–Trinajstić information content (AvgIpc) is 2.61. The maximum absolute atomic E-state index is 11.4. The Labute approximate surface area is 149 Å². The summed E-state index contributed by atoms with van der Waals surface area (Å²) in [5.74, 6) is -0.127. The fourth-order valence-electron chi connectivity index (χ4n) is 2.13. The number of ether oxygens (including phenoxy) is 2. The molecular weight excluding hydrogens is 340 g/mol. The van der Waals surface area contributed by atoms with Crippen LogP contribution >= 0.6 is 0 Å². The Balaban J connectivity index is 2.40. The zero-order chi connectivity index (χ0) is 19.3. The molecule has 0 unspecified atom stereocenters. The second-order valence-corrected chi connectivity index (χ2v) is 5.42. The fraction of sp³-hybridized carbons (Fsp3) is 0.235. The minimum atomic E-state index is -0.604. The van der Waals surface area contributed by atoms with Crippen LogP contribution in [0.3, 0.4) is 0 Å². The lowest BCUT2D eigenvalue weighted by Crippen LogP contribution is -2.19. The summed E-state index contributed by atoms with van der Waals surface area (Å²) >= 11 is 0. The number of hydrogen-bond donors (Lipinski definition) is 1. The number of nitro groups is 1. The summed E-state index contributed by atoms with van der Waals surface area (Å²) in [6, 6.07) is 7.75. The van der Waals surface area contributed by atoms with Crippen LogP contribution in [0.25, 0.3) is 0 Å². The number of rotatable bonds is 6. The molecule has 0 radical (unpaired) electrons. The van der Waals surface area contributed by atoms with E-state index >= 15 is 0 Å². The predicted octanol–water partition coefficient (Wildman–Crippen LogP) is 3.50. The molecule has 0 heterocycles. The van der Waals surface area contributed by atoms with Crippen LogP contribution < -0.4 is 15.2 Å². The Kier molecular flexibility index (Phi) is 5.97. The van der Waals surface area contributed by atoms with E-state index in [0.717, 1.165) is 5.56 Å². The van der Waals surface area contributed by atoms with Gasteiger partial charge in [0, 0.05) is 12.1 Å². The number of hydrogen-bond acceptors (Lipinski definition) is 8. The van der Waals surface area contributed by atoms with E-state index in [1.54, 1.807) is 26.0 Å². The van der Waals surface area contributed by atoms with Crippen LogP contribution in [0.1, 0.15) is 11.1 Å². The molecule has 0 aliphatic carbocycles. The van der Waals surface area contributed by atoms with Crippen molar-refractivity contribution in [2.45, 2.75) is 13.8 Å². The Morgan fingerprint density at radius 2 is 1.85 bits per heavy atom. The monoisotopic (exact) mass is 358 g/mol. The first-order valence-electron chi connectivity index (χ1n) is 7.62. The van der Waals surface area contributed by atoms with Gasteiger partial charge in [-0.3, -0.25) is 14.9 Å². The van der Waals surface area contributed by atoms with Crippen LogP contribution in [-0.2, 0) is 4.79 Å². The molecule has 2 N–H and O–H groups in total. The number of aryl methyl sites for hydroxylation is 2. The van der Waals surface area contributed by atoms with Gasteiger partial charge in [0.15, 0.2) is 17.2 Å². The van der Waals surface area contributed by atoms with Crippen LogP contribution in [0.5, 0.6) is 11.5 Å². The molecule has 2 rings (SSSR count). The lowest BCUT2D eigenvalue weighted by molar-refractivity contribution is -0.384. The van der Waals surface area contributed by atoms with Crippen molar-refractivity contribution in [2.75, 3.05) is 13.7 Å². The summed E-state index contributed by atoms with van der Waals surface area (Å²) in [6.07, 6.45) is 0. The molecule has 2 aromatic rings. The first-order chi connectivity index (χ1) is 12.3. The van der Waals surface area contributed by atoms with Crippen molar-refractivity contribution in [2.24, 2.45) is 16.0 Å². The van der Waals surface area contributed by atoms with Gasteiger partial charge in [-0.2, -0.15) is 0 Å². The number of carbonyl (C=O) groups is 1. The second kappa shape index (κ2) is 8.17. The third kappa shape index (κ3) is 4.39. The van der Waals surface area contributed by atoms with Gasteiger partial charge in [0.2, 0.25) is 0 Å². The highest BCUT2D eigenvalue weighted by Crippen LogP contribution is 2.36. The first-order valence-corrected chi connectivity index (χ1v) is 7.62. The highest BCUT2D eigenvalue weighted by molar-refractivity contribution is 5.75. The average molecular weight is 358 g/mol. The summed E-state index contributed by atoms with van der Waals surface area (Å²) < 4.78 is 10.3. The number of azo groups is 1. The minimum absolute atomic E-state index is 0.133. The molecule has 0 spiro atoms. The normalized spacial score (nSPS) is 10.8. The molecule has 0 atom stereocenters. The molecule has 0 aliphatic heterocycles. The minimum Gasteiger partial charge on any atom is -0.493 e. The van der Waals surface area contributed by atoms with Crippen LogP contribution in [0.4, 0.5) is 17.1 Å². The summed E-state index contributed by atoms with van der Waals surface area (Å²) in [6.45, 7) is 3.22. The number of nitro benzene ring substituents is 1. The van der Waals surface area contributed by atoms with Crippen LogP contribution in [0.15, 0.2) is 40.6 Å². The lowest BCUT2D eigenvalue weighted by atomic mass is 10.2. The Bertz CT molecular complexity index is 880. The van der Waals surface area contributed by atoms with E-state index in [2.05, 4.69) is 10.2 Å². The lowest BCUT2D eigenvalue weighted by Gasteiger charge is -2.11. The van der Waals surface area contributed by atoms with Crippen molar-refractivity contribution in [3.63, 3.8) is 0 Å². The zero-order valence-electron chi connectivity index (χ0n) is 14.6. The smallest absolute Gasteiger partial charge is 0.325 e. The first kappa shape index (κ1) is 19.0. The Morgan fingerprint density at radius 3 is 2.46 bits per heavy atom. The molecule has 9 nitrogen and oxygen atoms in total. The third-order valence-corrected chi connectivity index (χ3v) is 3.47. The third-order valence-electron chi connectivity index (χ3n) is 3.47. The highest BCUT2D eigenvalue weighted by atomic mass is 16.6. The van der Waals surface area contributed by atoms with Crippen molar-refractivity contribution in [3.05, 3.63) is 51.6 Å². The van der Waals surface area contributed by atoms with Gasteiger partial charge < -0.3 is 15.2 Å². The standard InChI is InChI=1S/C17H18N4O5/c1-10-4-5-12(14(6-10)21(23)24)19-20-13-8-15(25-3)16(7-11(13)2)26-17(22)9-18/h4-8H,9,18H2,1-3H3. The van der Waals surface area contributed by atoms with E-state index in [1.165, 1.54) is 25.3 Å². The van der Waals surface area contributed by atoms with Gasteiger partial charge >= 0.3 is 5.97 Å². The van der Waals surface area contributed by atoms with Crippen LogP contribution in [0, 0.1) is 24.0 Å². The van der Waals surface area contributed by atoms with Crippen molar-refractivity contribution < 1.29 is 19.2 Å². The van der Waals surface area contributed by atoms with E-state index in [0.29, 0.717) is 11.3 Å². The number of methoxy groups -OCH3 is 1. The topological polar surface area (TPSA) is 129 Å². The number of nitrogens with two attached hydrogens (primary N) is 1. The largest absolute Gasteiger partial charge is 0.493 e. The molecule has 0 fully saturated rings. The summed E-state index contributed by atoms with van der Waals surface area (Å²) in [4.78, 5) is 22.0. The maximum Gasteiger partial charge on any atom is 0.325 e. The van der Waals surface area contributed by atoms with Crippen molar-refractivity contribution in [3.8, 4) is 11.5 Å². The van der Waals surface area contributed by atoms with E-state index < -0.39 is 10.9 Å². The SMILES string of the molecule is COc1cc(N=Nc2ccc(C)cc2[N+](=O)[O-])c(C)cc1OC(=O)CN. The quantitative estimate of drug-likeness (QED) is 0.276. The molecule has 0 saturated heterocycles. The molecule has 0 saturated carbocycles. The van der Waals surface area contributed by atoms with Gasteiger partial charge in [-0.25, -0.2) is 0 Å². The van der Waals surface area contributed by atoms with E-state index in [9.17, 15) is 14.9 Å². The Morgan fingerprint density at radius 1 is 1.15 bits per heavy atom. The summed E-state index contributed by atoms with van der Waals surface area (Å²) in [5.41, 5.74) is 7.05. The van der Waals surface area contributed by atoms with E-state index in [4.69, 9.17) is 15.2 Å². The molecular formula is C17H18N4O5. The van der Waals surface area contributed by atoms with Crippen molar-refractivity contribution >= 4 is 23.0 Å². The number of carbonyl (C=O) groups excluding carboxylic acids is 1. The summed E-state index contributed by atoms with van der Waals surface area (Å²) in [7, 11) is 1.41. The predicted molar refractivity (Wildman–Crippen MR) is 94.4 cm³/mol. The van der Waals surface area contributed by atoms with E-state index in [-0.39, 0.29) is 29.4 Å². The zero-order valence-corrected chi connectivity index (χ0v) is 14.6. The number of benzene rings is 2. The van der Waals surface area contributed by atoms with Gasteiger partial charge in [0.05, 0.1) is 24.3 Å². The van der Waals surface area contributed by atoms with Gasteiger partial charge in [0.25, 0.3) is 5.69 Å². The number of nitrogens with zero attached hydrogens (tertiary/aromatic N) is 3. The van der Waals surface area contributed by atoms with Crippen LogP contribution in [-0.4, -0.2) is 24.5 Å². The summed E-state index contributed by atoms with van der Waals surface area (Å²) in [5, 5.41) is 19.2. The van der Waals surface area contributed by atoms with Gasteiger partial charge in [0.1, 0.15) is 0 Å². The van der Waals surface area contributed by atoms with Crippen molar-refractivity contribution in [1.29, 1.82) is 0 Å². The second-order valence-electron chi connectivity index (χ2n) is 5.42. The molecule has 9 heteroatoms. The van der Waals surface area contributed by atoms with Gasteiger partial charge in [-0.15, -0.1) is 10.2 Å². The van der Waals surface area contributed by atoms with Crippen molar-refractivity contribution in [1.82, 2.24) is 0 Å². The highest BCUT2D eigenvalue weighted by Gasteiger charge is 2.15. The van der Waals surface area contributed by atoms with Crippen LogP contribution in [0.2, 0.25) is 0 Å². The molecule has 0 amide bonds. The molecule has 0 bridgehead atoms. The maximum atomic E-state index is 11.4. The molecule has 0 aliphatic rings. The Hall–Kier alpha value is -3.33. The fourth-order valence-corrected chi connectivity index (χ4v) is 2.13. The molecule has 26 heavy (non-hydrogen) atoms. The molecule has 0 aromatic heterocycles. The van der Waals surface area contributed by atoms with Gasteiger partial charge in [-0.05, 0) is 37.1 Å². The van der Waals surface area contributed by atoms with E-state index in [1.807, 2.05) is 0 Å². The van der Waals surface area contributed by atoms with Gasteiger partial charge in [-0.1, -0.05) is 6.07 Å².